The van der Waals surface area contributed by atoms with E-state index in [1.807, 2.05) is 72.8 Å². The van der Waals surface area contributed by atoms with Crippen molar-refractivity contribution in [2.24, 2.45) is 23.7 Å². The number of methoxy groups -OCH3 is 2. The fourth-order valence-corrected chi connectivity index (χ4v) is 9.18. The van der Waals surface area contributed by atoms with Gasteiger partial charge < -0.3 is 14.6 Å². The van der Waals surface area contributed by atoms with Crippen LogP contribution >= 0.6 is 0 Å². The molecule has 4 aromatic rings. The molecule has 8 heteroatoms. The highest BCUT2D eigenvalue weighted by atomic mass is 16.5. The number of ether oxygens (including phenoxy) is 2. The molecule has 0 spiro atoms. The van der Waals surface area contributed by atoms with E-state index in [-0.39, 0.29) is 47.7 Å². The number of anilines is 1. The van der Waals surface area contributed by atoms with Crippen molar-refractivity contribution >= 4 is 34.6 Å². The molecule has 2 fully saturated rings. The summed E-state index contributed by atoms with van der Waals surface area (Å²) in [4.78, 5) is 60.1. The Hall–Kier alpha value is -5.76. The fourth-order valence-electron chi connectivity index (χ4n) is 9.18. The molecule has 1 N–H and O–H groups in total. The number of nitrogens with zero attached hydrogens (tertiary/aromatic N) is 1. The Kier molecular flexibility index (Phi) is 7.55. The zero-order chi connectivity index (χ0) is 34.7. The third kappa shape index (κ3) is 4.44. The lowest BCUT2D eigenvalue weighted by Crippen LogP contribution is -2.58. The number of para-hydroxylation sites is 1. The molecule has 6 atom stereocenters. The Balaban J connectivity index is 1.41. The number of Topliss-reactive ketones (excluding diaryl/α,β-unsaturated/α-hetero) is 1. The third-order valence-electron chi connectivity index (χ3n) is 11.2. The minimum absolute atomic E-state index is 0.161. The normalized spacial score (nSPS) is 27.2. The summed E-state index contributed by atoms with van der Waals surface area (Å²) in [7, 11) is 2.96. The largest absolute Gasteiger partial charge is 0.507 e. The summed E-state index contributed by atoms with van der Waals surface area (Å²) < 4.78 is 11.4. The van der Waals surface area contributed by atoms with Crippen LogP contribution in [-0.4, -0.2) is 42.7 Å². The van der Waals surface area contributed by atoms with Crippen molar-refractivity contribution in [3.63, 3.8) is 0 Å². The number of fused-ring (bicyclic) bond motifs is 4. The van der Waals surface area contributed by atoms with Crippen molar-refractivity contribution in [2.75, 3.05) is 19.1 Å². The predicted molar refractivity (Wildman–Crippen MR) is 187 cm³/mol. The van der Waals surface area contributed by atoms with Crippen molar-refractivity contribution in [1.82, 2.24) is 0 Å². The maximum Gasteiger partial charge on any atom is 0.238 e. The number of benzene rings is 4. The van der Waals surface area contributed by atoms with E-state index < -0.39 is 35.0 Å². The van der Waals surface area contributed by atoms with Gasteiger partial charge in [0.25, 0.3) is 0 Å². The van der Waals surface area contributed by atoms with E-state index in [1.54, 1.807) is 30.3 Å². The Morgan fingerprint density at radius 3 is 2.10 bits per heavy atom. The zero-order valence-corrected chi connectivity index (χ0v) is 27.6. The summed E-state index contributed by atoms with van der Waals surface area (Å²) in [6.45, 7) is 0. The van der Waals surface area contributed by atoms with Crippen molar-refractivity contribution in [2.45, 2.75) is 24.2 Å². The van der Waals surface area contributed by atoms with Gasteiger partial charge in [0.1, 0.15) is 17.2 Å². The number of ketones is 2. The van der Waals surface area contributed by atoms with Gasteiger partial charge in [-0.15, -0.1) is 0 Å². The SMILES string of the molecule is COc1cc(O)c([C@H]2C3=CC[C@@H]4C(=O)N(c5ccccc5)C(=O)[C@@H]4[C@@H]3C[C@H]3C(=O)C(c4ccccc4)=CC(=O)[C@@]23c2ccccc2)c(OC)c1. The number of hydrogen-bond acceptors (Lipinski definition) is 7. The highest BCUT2D eigenvalue weighted by molar-refractivity contribution is 6.32. The number of phenolic OH excluding ortho intramolecular Hbond substituents is 1. The highest BCUT2D eigenvalue weighted by Crippen LogP contribution is 2.65. The molecule has 1 aliphatic heterocycles. The molecule has 3 aliphatic carbocycles. The van der Waals surface area contributed by atoms with E-state index >= 15 is 9.59 Å². The van der Waals surface area contributed by atoms with Crippen LogP contribution in [0.5, 0.6) is 17.2 Å². The van der Waals surface area contributed by atoms with E-state index in [1.165, 1.54) is 31.3 Å². The van der Waals surface area contributed by atoms with Gasteiger partial charge in [0, 0.05) is 35.1 Å². The van der Waals surface area contributed by atoms with Gasteiger partial charge >= 0.3 is 0 Å². The smallest absolute Gasteiger partial charge is 0.238 e. The molecule has 250 valence electrons. The molecule has 2 amide bonds. The van der Waals surface area contributed by atoms with E-state index in [0.717, 1.165) is 5.57 Å². The molecule has 4 aliphatic rings. The van der Waals surface area contributed by atoms with Crippen LogP contribution in [0.1, 0.15) is 35.4 Å². The Bertz CT molecular complexity index is 2110. The molecule has 0 radical (unpaired) electrons. The number of phenols is 1. The minimum atomic E-state index is -1.50. The maximum atomic E-state index is 15.2. The number of allylic oxidation sites excluding steroid dienone is 4. The van der Waals surface area contributed by atoms with Crippen molar-refractivity contribution in [1.29, 1.82) is 0 Å². The molecular formula is C42H35NO7. The molecule has 8 nitrogen and oxygen atoms in total. The van der Waals surface area contributed by atoms with Crippen LogP contribution < -0.4 is 14.4 Å². The molecular weight excluding hydrogens is 630 g/mol. The average molecular weight is 666 g/mol. The van der Waals surface area contributed by atoms with E-state index in [0.29, 0.717) is 33.7 Å². The predicted octanol–water partition coefficient (Wildman–Crippen LogP) is 6.44. The Labute approximate surface area is 289 Å². The van der Waals surface area contributed by atoms with Gasteiger partial charge in [-0.05, 0) is 48.1 Å². The van der Waals surface area contributed by atoms with E-state index in [4.69, 9.17) is 9.47 Å². The first-order valence-corrected chi connectivity index (χ1v) is 16.8. The molecule has 4 aromatic carbocycles. The van der Waals surface area contributed by atoms with Crippen LogP contribution in [0.25, 0.3) is 5.57 Å². The highest BCUT2D eigenvalue weighted by Gasteiger charge is 2.66. The van der Waals surface area contributed by atoms with Gasteiger partial charge in [0.2, 0.25) is 11.8 Å². The van der Waals surface area contributed by atoms with Crippen LogP contribution in [-0.2, 0) is 24.6 Å². The summed E-state index contributed by atoms with van der Waals surface area (Å²) in [6, 6.07) is 30.4. The van der Waals surface area contributed by atoms with Crippen LogP contribution in [0.15, 0.2) is 121 Å². The second-order valence-electron chi connectivity index (χ2n) is 13.4. The second-order valence-corrected chi connectivity index (χ2v) is 13.4. The number of rotatable bonds is 6. The summed E-state index contributed by atoms with van der Waals surface area (Å²) in [5.74, 6) is -4.49. The monoisotopic (exact) mass is 665 g/mol. The van der Waals surface area contributed by atoms with Gasteiger partial charge in [-0.25, -0.2) is 0 Å². The van der Waals surface area contributed by atoms with E-state index in [9.17, 15) is 14.7 Å². The quantitative estimate of drug-likeness (QED) is 0.187. The number of imide groups is 1. The Morgan fingerprint density at radius 1 is 0.780 bits per heavy atom. The van der Waals surface area contributed by atoms with Crippen molar-refractivity contribution in [3.05, 3.63) is 138 Å². The fraction of sp³-hybridized carbons (Fsp3) is 0.238. The number of carbonyl (C=O) groups is 4. The molecule has 0 aromatic heterocycles. The van der Waals surface area contributed by atoms with E-state index in [2.05, 4.69) is 0 Å². The molecule has 1 saturated heterocycles. The summed E-state index contributed by atoms with van der Waals surface area (Å²) in [6.07, 6.45) is 3.85. The molecule has 1 saturated carbocycles. The van der Waals surface area contributed by atoms with Gasteiger partial charge in [0.15, 0.2) is 11.6 Å². The molecule has 8 rings (SSSR count). The summed E-state index contributed by atoms with van der Waals surface area (Å²) in [5.41, 5.74) is 1.60. The van der Waals surface area contributed by atoms with Gasteiger partial charge in [-0.3, -0.25) is 24.1 Å². The summed E-state index contributed by atoms with van der Waals surface area (Å²) in [5, 5.41) is 11.9. The topological polar surface area (TPSA) is 110 Å². The third-order valence-corrected chi connectivity index (χ3v) is 11.2. The Morgan fingerprint density at radius 2 is 1.44 bits per heavy atom. The lowest BCUT2D eigenvalue weighted by atomic mass is 9.44. The maximum absolute atomic E-state index is 15.2. The standard InChI is InChI=1S/C42H35NO7/c1-49-27-20-33(44)37(34(21-27)50-2)38-28-18-19-29-36(41(48)43(40(29)47)26-16-10-5-11-17-26)31(28)22-32-39(46)30(24-12-6-3-7-13-24)23-35(45)42(32,38)25-14-8-4-9-15-25/h3-18,20-21,23,29,31-32,36,38,44H,19,22H2,1-2H3/t29-,31+,32-,36-,38+,42-/m0/s1. The molecule has 50 heavy (non-hydrogen) atoms. The second kappa shape index (κ2) is 12.0. The lowest BCUT2D eigenvalue weighted by molar-refractivity contribution is -0.135. The van der Waals surface area contributed by atoms with Crippen LogP contribution in [0.3, 0.4) is 0 Å². The van der Waals surface area contributed by atoms with Crippen LogP contribution in [0.2, 0.25) is 0 Å². The van der Waals surface area contributed by atoms with Crippen LogP contribution in [0, 0.1) is 23.7 Å². The molecule has 1 heterocycles. The van der Waals surface area contributed by atoms with Crippen molar-refractivity contribution in [3.8, 4) is 17.2 Å². The lowest BCUT2D eigenvalue weighted by Gasteiger charge is -2.55. The van der Waals surface area contributed by atoms with Crippen LogP contribution in [0.4, 0.5) is 5.69 Å². The van der Waals surface area contributed by atoms with Gasteiger partial charge in [-0.2, -0.15) is 0 Å². The summed E-state index contributed by atoms with van der Waals surface area (Å²) >= 11 is 0. The first-order valence-electron chi connectivity index (χ1n) is 16.8. The minimum Gasteiger partial charge on any atom is -0.507 e. The van der Waals surface area contributed by atoms with Gasteiger partial charge in [-0.1, -0.05) is 90.5 Å². The molecule has 0 unspecified atom stereocenters. The van der Waals surface area contributed by atoms with Gasteiger partial charge in [0.05, 0.1) is 37.2 Å². The first kappa shape index (κ1) is 31.5. The average Bonchev–Trinajstić information content (AvgIpc) is 3.41. The van der Waals surface area contributed by atoms with Crippen molar-refractivity contribution < 1.29 is 33.8 Å². The molecule has 0 bridgehead atoms. The number of carbonyl (C=O) groups excluding carboxylic acids is 4. The number of aromatic hydroxyl groups is 1. The zero-order valence-electron chi connectivity index (χ0n) is 27.6. The first-order chi connectivity index (χ1) is 24.3. The number of amides is 2. The number of hydrogen-bond donors (Lipinski definition) is 1.